The van der Waals surface area contributed by atoms with E-state index in [1.54, 1.807) is 11.8 Å². The molecule has 1 aliphatic rings. The number of aromatic carboxylic acids is 1. The van der Waals surface area contributed by atoms with E-state index < -0.39 is 29.9 Å². The van der Waals surface area contributed by atoms with Crippen LogP contribution in [0.5, 0.6) is 0 Å². The lowest BCUT2D eigenvalue weighted by atomic mass is 10.1. The fourth-order valence-electron chi connectivity index (χ4n) is 3.61. The minimum atomic E-state index is -1.29. The third-order valence-corrected chi connectivity index (χ3v) is 5.48. The molecule has 9 N–H and O–H groups in total. The number of nitrogens with zero attached hydrogens (tertiary/aromatic N) is 1. The maximum Gasteiger partial charge on any atom is 0.339 e. The van der Waals surface area contributed by atoms with Crippen molar-refractivity contribution >= 4 is 29.7 Å². The van der Waals surface area contributed by atoms with Crippen molar-refractivity contribution in [2.24, 2.45) is 11.5 Å². The molecule has 2 unspecified atom stereocenters. The van der Waals surface area contributed by atoms with Gasteiger partial charge < -0.3 is 41.6 Å². The molecule has 13 nitrogen and oxygen atoms in total. The number of amides is 2. The summed E-state index contributed by atoms with van der Waals surface area (Å²) in [6, 6.07) is -0.811. The first-order valence-corrected chi connectivity index (χ1v) is 11.2. The second-order valence-corrected chi connectivity index (χ2v) is 8.20. The molecule has 1 aliphatic heterocycles. The number of rotatable bonds is 13. The van der Waals surface area contributed by atoms with E-state index in [9.17, 15) is 29.4 Å². The summed E-state index contributed by atoms with van der Waals surface area (Å²) in [5.74, 6) is -3.03. The number of hydrogen-bond donors (Lipinski definition) is 7. The number of hydrogen-bond acceptors (Lipinski definition) is 7. The van der Waals surface area contributed by atoms with Gasteiger partial charge in [-0.05, 0) is 18.9 Å². The molecule has 0 fully saturated rings. The highest BCUT2D eigenvalue weighted by molar-refractivity contribution is 5.89. The monoisotopic (exact) mass is 492 g/mol. The van der Waals surface area contributed by atoms with Crippen LogP contribution < -0.4 is 22.1 Å². The largest absolute Gasteiger partial charge is 0.480 e. The predicted octanol–water partition coefficient (Wildman–Crippen LogP) is -0.599. The van der Waals surface area contributed by atoms with Crippen molar-refractivity contribution in [1.29, 1.82) is 5.41 Å². The first-order valence-electron chi connectivity index (χ1n) is 11.2. The zero-order valence-electron chi connectivity index (χ0n) is 19.5. The molecule has 0 aliphatic carbocycles. The zero-order valence-corrected chi connectivity index (χ0v) is 19.5. The molecule has 1 aromatic rings. The highest BCUT2D eigenvalue weighted by Crippen LogP contribution is 2.18. The molecule has 35 heavy (non-hydrogen) atoms. The summed E-state index contributed by atoms with van der Waals surface area (Å²) in [7, 11) is 0. The van der Waals surface area contributed by atoms with Gasteiger partial charge in [-0.15, -0.1) is 0 Å². The SMILES string of the molecule is CCc1oc(CC(NC(=O)CCCNC(=O)C(N)CC2=CCN(C(=N)N)C2)C(=O)O)cc1C(=O)O. The summed E-state index contributed by atoms with van der Waals surface area (Å²) in [5, 5.41) is 31.1. The topological polar surface area (TPSA) is 225 Å². The van der Waals surface area contributed by atoms with Crippen LogP contribution in [0.3, 0.4) is 0 Å². The third-order valence-electron chi connectivity index (χ3n) is 5.48. The number of carbonyl (C=O) groups excluding carboxylic acids is 2. The summed E-state index contributed by atoms with van der Waals surface area (Å²) in [6.45, 7) is 2.85. The molecule has 2 atom stereocenters. The summed E-state index contributed by atoms with van der Waals surface area (Å²) >= 11 is 0. The number of aryl methyl sites for hydroxylation is 1. The van der Waals surface area contributed by atoms with Crippen LogP contribution in [0.4, 0.5) is 0 Å². The molecule has 13 heteroatoms. The van der Waals surface area contributed by atoms with E-state index in [4.69, 9.17) is 21.3 Å². The molecule has 0 spiro atoms. The van der Waals surface area contributed by atoms with Gasteiger partial charge in [0.05, 0.1) is 6.04 Å². The minimum absolute atomic E-state index is 0.0310. The fourth-order valence-corrected chi connectivity index (χ4v) is 3.61. The van der Waals surface area contributed by atoms with Gasteiger partial charge in [0.25, 0.3) is 0 Å². The van der Waals surface area contributed by atoms with Gasteiger partial charge in [-0.2, -0.15) is 0 Å². The Morgan fingerprint density at radius 2 is 1.97 bits per heavy atom. The maximum atomic E-state index is 12.2. The number of nitrogens with two attached hydrogens (primary N) is 2. The summed E-state index contributed by atoms with van der Waals surface area (Å²) in [4.78, 5) is 48.8. The van der Waals surface area contributed by atoms with E-state index in [0.29, 0.717) is 25.9 Å². The summed E-state index contributed by atoms with van der Waals surface area (Å²) in [6.07, 6.45) is 2.57. The molecule has 192 valence electrons. The van der Waals surface area contributed by atoms with Gasteiger partial charge in [0.2, 0.25) is 11.8 Å². The molecule has 0 radical (unpaired) electrons. The molecule has 0 bridgehead atoms. The Morgan fingerprint density at radius 1 is 1.26 bits per heavy atom. The Labute approximate surface area is 202 Å². The number of carboxylic acids is 2. The third kappa shape index (κ3) is 8.14. The molecular weight excluding hydrogens is 460 g/mol. The van der Waals surface area contributed by atoms with E-state index in [1.807, 2.05) is 6.08 Å². The molecule has 2 heterocycles. The van der Waals surface area contributed by atoms with Crippen molar-refractivity contribution in [2.45, 2.75) is 51.1 Å². The van der Waals surface area contributed by atoms with E-state index in [1.165, 1.54) is 6.07 Å². The molecule has 2 rings (SSSR count). The highest BCUT2D eigenvalue weighted by Gasteiger charge is 2.25. The predicted molar refractivity (Wildman–Crippen MR) is 125 cm³/mol. The van der Waals surface area contributed by atoms with Crippen LogP contribution in [0.15, 0.2) is 22.1 Å². The van der Waals surface area contributed by atoms with Crippen molar-refractivity contribution in [3.8, 4) is 0 Å². The molecule has 0 saturated carbocycles. The molecule has 2 amide bonds. The van der Waals surface area contributed by atoms with Gasteiger partial charge >= 0.3 is 11.9 Å². The summed E-state index contributed by atoms with van der Waals surface area (Å²) < 4.78 is 5.42. The Morgan fingerprint density at radius 3 is 2.51 bits per heavy atom. The van der Waals surface area contributed by atoms with Crippen molar-refractivity contribution < 1.29 is 33.8 Å². The van der Waals surface area contributed by atoms with Crippen LogP contribution in [0, 0.1) is 5.41 Å². The molecular formula is C22H32N6O7. The first-order chi connectivity index (χ1) is 16.5. The van der Waals surface area contributed by atoms with Crippen LogP contribution in [0.25, 0.3) is 0 Å². The lowest BCUT2D eigenvalue weighted by Crippen LogP contribution is -2.43. The van der Waals surface area contributed by atoms with Crippen molar-refractivity contribution in [1.82, 2.24) is 15.5 Å². The van der Waals surface area contributed by atoms with E-state index in [-0.39, 0.29) is 54.8 Å². The smallest absolute Gasteiger partial charge is 0.339 e. The van der Waals surface area contributed by atoms with Gasteiger partial charge in [0, 0.05) is 38.9 Å². The van der Waals surface area contributed by atoms with Crippen LogP contribution in [0.2, 0.25) is 0 Å². The number of furan rings is 1. The number of aliphatic carboxylic acids is 1. The standard InChI is InChI=1S/C22H32N6O7/c1-2-17-14(20(31)32)9-13(35-17)10-16(21(33)34)27-18(29)4-3-6-26-19(30)15(23)8-12-5-7-28(11-12)22(24)25/h5,9,15-16H,2-4,6-8,10-11,23H2,1H3,(H3,24,25)(H,26,30)(H,27,29)(H,31,32)(H,33,34). The van der Waals surface area contributed by atoms with E-state index in [2.05, 4.69) is 10.6 Å². The lowest BCUT2D eigenvalue weighted by molar-refractivity contribution is -0.141. The van der Waals surface area contributed by atoms with Crippen LogP contribution in [-0.2, 0) is 27.2 Å². The lowest BCUT2D eigenvalue weighted by Gasteiger charge is -2.17. The number of carboxylic acid groups (broad SMARTS) is 2. The molecule has 0 aromatic carbocycles. The van der Waals surface area contributed by atoms with E-state index in [0.717, 1.165) is 5.57 Å². The minimum Gasteiger partial charge on any atom is -0.480 e. The van der Waals surface area contributed by atoms with Crippen molar-refractivity contribution in [2.75, 3.05) is 19.6 Å². The van der Waals surface area contributed by atoms with Crippen LogP contribution >= 0.6 is 0 Å². The maximum absolute atomic E-state index is 12.2. The quantitative estimate of drug-likeness (QED) is 0.0800. The molecule has 0 saturated heterocycles. The Balaban J connectivity index is 1.74. The zero-order chi connectivity index (χ0) is 26.1. The number of nitrogens with one attached hydrogen (secondary N) is 3. The van der Waals surface area contributed by atoms with Gasteiger partial charge in [0.1, 0.15) is 23.1 Å². The average molecular weight is 493 g/mol. The Kier molecular flexibility index (Phi) is 9.82. The van der Waals surface area contributed by atoms with Gasteiger partial charge in [-0.1, -0.05) is 18.6 Å². The second kappa shape index (κ2) is 12.6. The van der Waals surface area contributed by atoms with Gasteiger partial charge in [-0.3, -0.25) is 15.0 Å². The highest BCUT2D eigenvalue weighted by atomic mass is 16.4. The molecule has 1 aromatic heterocycles. The summed E-state index contributed by atoms with van der Waals surface area (Å²) in [5.41, 5.74) is 12.2. The Bertz CT molecular complexity index is 1000. The van der Waals surface area contributed by atoms with Crippen molar-refractivity contribution in [3.05, 3.63) is 34.8 Å². The van der Waals surface area contributed by atoms with Crippen LogP contribution in [0.1, 0.15) is 48.1 Å². The van der Waals surface area contributed by atoms with Gasteiger partial charge in [-0.25, -0.2) is 9.59 Å². The first kappa shape index (κ1) is 27.4. The normalized spacial score (nSPS) is 14.7. The number of carbonyl (C=O) groups is 4. The second-order valence-electron chi connectivity index (χ2n) is 8.20. The van der Waals surface area contributed by atoms with Gasteiger partial charge in [0.15, 0.2) is 5.96 Å². The fraction of sp³-hybridized carbons (Fsp3) is 0.500. The van der Waals surface area contributed by atoms with Crippen LogP contribution in [-0.4, -0.2) is 76.5 Å². The average Bonchev–Trinajstić information content (AvgIpc) is 3.43. The van der Waals surface area contributed by atoms with E-state index >= 15 is 0 Å². The van der Waals surface area contributed by atoms with Crippen molar-refractivity contribution in [3.63, 3.8) is 0 Å². The Hall–Kier alpha value is -3.87. The number of guanidine groups is 1.